The third-order valence-corrected chi connectivity index (χ3v) is 3.23. The van der Waals surface area contributed by atoms with Crippen LogP contribution in [0.15, 0.2) is 16.7 Å². The van der Waals surface area contributed by atoms with E-state index in [0.29, 0.717) is 30.5 Å². The first kappa shape index (κ1) is 13.1. The summed E-state index contributed by atoms with van der Waals surface area (Å²) >= 11 is 0. The molecule has 0 bridgehead atoms. The van der Waals surface area contributed by atoms with E-state index in [9.17, 15) is 4.79 Å². The molecular weight excluding hydrogens is 232 g/mol. The minimum atomic E-state index is -0.302. The van der Waals surface area contributed by atoms with E-state index < -0.39 is 0 Å². The Morgan fingerprint density at radius 3 is 3.22 bits per heavy atom. The van der Waals surface area contributed by atoms with Crippen LogP contribution in [0.5, 0.6) is 0 Å². The Kier molecular flexibility index (Phi) is 4.38. The monoisotopic (exact) mass is 252 g/mol. The molecule has 1 fully saturated rings. The van der Waals surface area contributed by atoms with E-state index in [2.05, 4.69) is 17.1 Å². The molecule has 0 aliphatic carbocycles. The second-order valence-electron chi connectivity index (χ2n) is 4.50. The summed E-state index contributed by atoms with van der Waals surface area (Å²) in [7, 11) is 0. The lowest BCUT2D eigenvalue weighted by molar-refractivity contribution is 0.0520. The van der Waals surface area contributed by atoms with Gasteiger partial charge in [0.1, 0.15) is 11.3 Å². The number of esters is 1. The van der Waals surface area contributed by atoms with Gasteiger partial charge in [0.05, 0.1) is 19.4 Å². The number of carbonyl (C=O) groups is 1. The Labute approximate surface area is 107 Å². The molecule has 1 aliphatic rings. The van der Waals surface area contributed by atoms with Crippen LogP contribution in [0.3, 0.4) is 0 Å². The topological polar surface area (TPSA) is 54.7 Å². The molecule has 1 aromatic rings. The van der Waals surface area contributed by atoms with E-state index in [0.717, 1.165) is 19.6 Å². The number of hydrogen-bond acceptors (Lipinski definition) is 5. The van der Waals surface area contributed by atoms with Crippen LogP contribution in [0.25, 0.3) is 0 Å². The molecule has 2 rings (SSSR count). The van der Waals surface area contributed by atoms with E-state index in [4.69, 9.17) is 9.15 Å². The van der Waals surface area contributed by atoms with E-state index in [-0.39, 0.29) is 5.97 Å². The predicted molar refractivity (Wildman–Crippen MR) is 67.4 cm³/mol. The van der Waals surface area contributed by atoms with Crippen molar-refractivity contribution in [2.45, 2.75) is 26.4 Å². The molecule has 5 nitrogen and oxygen atoms in total. The van der Waals surface area contributed by atoms with Gasteiger partial charge in [-0.3, -0.25) is 4.90 Å². The molecule has 1 aliphatic heterocycles. The Bertz CT molecular complexity index is 403. The highest BCUT2D eigenvalue weighted by Crippen LogP contribution is 2.16. The zero-order chi connectivity index (χ0) is 13.0. The van der Waals surface area contributed by atoms with Crippen molar-refractivity contribution in [3.05, 3.63) is 23.7 Å². The predicted octanol–water partition coefficient (Wildman–Crippen LogP) is 1.25. The summed E-state index contributed by atoms with van der Waals surface area (Å²) in [5.41, 5.74) is 0.544. The molecule has 1 saturated heterocycles. The van der Waals surface area contributed by atoms with Crippen LogP contribution >= 0.6 is 0 Å². The van der Waals surface area contributed by atoms with Crippen molar-refractivity contribution in [2.75, 3.05) is 26.2 Å². The Hall–Kier alpha value is -1.33. The van der Waals surface area contributed by atoms with Gasteiger partial charge in [-0.1, -0.05) is 0 Å². The summed E-state index contributed by atoms with van der Waals surface area (Å²) in [5.74, 6) is 0.395. The van der Waals surface area contributed by atoms with Crippen molar-refractivity contribution in [3.8, 4) is 0 Å². The van der Waals surface area contributed by atoms with Gasteiger partial charge in [-0.25, -0.2) is 4.79 Å². The quantitative estimate of drug-likeness (QED) is 0.817. The van der Waals surface area contributed by atoms with E-state index in [1.165, 1.54) is 0 Å². The second kappa shape index (κ2) is 6.02. The number of furan rings is 1. The third kappa shape index (κ3) is 2.91. The maximum atomic E-state index is 11.7. The van der Waals surface area contributed by atoms with E-state index in [1.54, 1.807) is 19.3 Å². The van der Waals surface area contributed by atoms with Crippen LogP contribution in [0.2, 0.25) is 0 Å². The van der Waals surface area contributed by atoms with Gasteiger partial charge in [0.25, 0.3) is 0 Å². The van der Waals surface area contributed by atoms with Crippen LogP contribution in [-0.4, -0.2) is 43.2 Å². The number of ether oxygens (including phenoxy) is 1. The van der Waals surface area contributed by atoms with Crippen LogP contribution < -0.4 is 5.32 Å². The molecular formula is C13H20N2O3. The molecule has 0 radical (unpaired) electrons. The SMILES string of the molecule is CCOC(=O)c1ccoc1CN1CCNC[C@@H]1C. The van der Waals surface area contributed by atoms with Gasteiger partial charge in [-0.05, 0) is 19.9 Å². The van der Waals surface area contributed by atoms with E-state index >= 15 is 0 Å². The molecule has 100 valence electrons. The largest absolute Gasteiger partial charge is 0.467 e. The van der Waals surface area contributed by atoms with Crippen LogP contribution in [0.1, 0.15) is 30.0 Å². The third-order valence-electron chi connectivity index (χ3n) is 3.23. The van der Waals surface area contributed by atoms with Crippen molar-refractivity contribution in [1.82, 2.24) is 10.2 Å². The Morgan fingerprint density at radius 2 is 2.50 bits per heavy atom. The van der Waals surface area contributed by atoms with Crippen molar-refractivity contribution in [1.29, 1.82) is 0 Å². The molecule has 0 unspecified atom stereocenters. The number of hydrogen-bond donors (Lipinski definition) is 1. The Morgan fingerprint density at radius 1 is 1.67 bits per heavy atom. The zero-order valence-corrected chi connectivity index (χ0v) is 10.9. The standard InChI is InChI=1S/C13H20N2O3/c1-3-17-13(16)11-4-7-18-12(11)9-15-6-5-14-8-10(15)2/h4,7,10,14H,3,5-6,8-9H2,1-2H3/t10-/m0/s1. The van der Waals surface area contributed by atoms with Crippen LogP contribution in [-0.2, 0) is 11.3 Å². The summed E-state index contributed by atoms with van der Waals surface area (Å²) in [6, 6.07) is 2.12. The molecule has 1 aromatic heterocycles. The summed E-state index contributed by atoms with van der Waals surface area (Å²) < 4.78 is 10.4. The summed E-state index contributed by atoms with van der Waals surface area (Å²) in [6.07, 6.45) is 1.55. The van der Waals surface area contributed by atoms with Gasteiger partial charge >= 0.3 is 5.97 Å². The fourth-order valence-electron chi connectivity index (χ4n) is 2.16. The molecule has 0 spiro atoms. The lowest BCUT2D eigenvalue weighted by Gasteiger charge is -2.33. The number of carbonyl (C=O) groups excluding carboxylic acids is 1. The van der Waals surface area contributed by atoms with Crippen molar-refractivity contribution in [2.24, 2.45) is 0 Å². The minimum Gasteiger partial charge on any atom is -0.467 e. The number of rotatable bonds is 4. The molecule has 1 atom stereocenters. The van der Waals surface area contributed by atoms with E-state index in [1.807, 2.05) is 0 Å². The normalized spacial score (nSPS) is 20.9. The highest BCUT2D eigenvalue weighted by molar-refractivity contribution is 5.90. The average molecular weight is 252 g/mol. The van der Waals surface area contributed by atoms with Crippen LogP contribution in [0.4, 0.5) is 0 Å². The summed E-state index contributed by atoms with van der Waals surface area (Å²) in [5, 5.41) is 3.34. The van der Waals surface area contributed by atoms with Gasteiger partial charge in [0.2, 0.25) is 0 Å². The molecule has 5 heteroatoms. The zero-order valence-electron chi connectivity index (χ0n) is 10.9. The first-order valence-corrected chi connectivity index (χ1v) is 6.40. The summed E-state index contributed by atoms with van der Waals surface area (Å²) in [6.45, 7) is 7.91. The highest BCUT2D eigenvalue weighted by Gasteiger charge is 2.22. The molecule has 0 aromatic carbocycles. The van der Waals surface area contributed by atoms with Gasteiger partial charge in [-0.2, -0.15) is 0 Å². The van der Waals surface area contributed by atoms with Gasteiger partial charge in [0.15, 0.2) is 0 Å². The number of piperazine rings is 1. The highest BCUT2D eigenvalue weighted by atomic mass is 16.5. The minimum absolute atomic E-state index is 0.302. The van der Waals surface area contributed by atoms with Crippen molar-refractivity contribution in [3.63, 3.8) is 0 Å². The summed E-state index contributed by atoms with van der Waals surface area (Å²) in [4.78, 5) is 14.0. The molecule has 0 amide bonds. The maximum absolute atomic E-state index is 11.7. The molecule has 1 N–H and O–H groups in total. The average Bonchev–Trinajstić information content (AvgIpc) is 2.81. The van der Waals surface area contributed by atoms with Crippen molar-refractivity contribution >= 4 is 5.97 Å². The van der Waals surface area contributed by atoms with Gasteiger partial charge in [-0.15, -0.1) is 0 Å². The smallest absolute Gasteiger partial charge is 0.341 e. The lowest BCUT2D eigenvalue weighted by Crippen LogP contribution is -2.49. The lowest BCUT2D eigenvalue weighted by atomic mass is 10.2. The number of nitrogens with one attached hydrogen (secondary N) is 1. The molecule has 18 heavy (non-hydrogen) atoms. The first-order chi connectivity index (χ1) is 8.72. The second-order valence-corrected chi connectivity index (χ2v) is 4.50. The van der Waals surface area contributed by atoms with Gasteiger partial charge < -0.3 is 14.5 Å². The fourth-order valence-corrected chi connectivity index (χ4v) is 2.16. The van der Waals surface area contributed by atoms with Crippen molar-refractivity contribution < 1.29 is 13.9 Å². The van der Waals surface area contributed by atoms with Gasteiger partial charge in [0, 0.05) is 25.7 Å². The Balaban J connectivity index is 2.04. The van der Waals surface area contributed by atoms with Crippen LogP contribution in [0, 0.1) is 0 Å². The fraction of sp³-hybridized carbons (Fsp3) is 0.615. The molecule has 2 heterocycles. The molecule has 0 saturated carbocycles. The first-order valence-electron chi connectivity index (χ1n) is 6.40. The maximum Gasteiger partial charge on any atom is 0.341 e. The number of nitrogens with zero attached hydrogens (tertiary/aromatic N) is 1.